The van der Waals surface area contributed by atoms with Crippen LogP contribution in [0.1, 0.15) is 63.9 Å². The van der Waals surface area contributed by atoms with Crippen LogP contribution in [0.2, 0.25) is 0 Å². The first kappa shape index (κ1) is 16.5. The van der Waals surface area contributed by atoms with Crippen molar-refractivity contribution in [2.75, 3.05) is 0 Å². The summed E-state index contributed by atoms with van der Waals surface area (Å²) in [4.78, 5) is 11.4. The first-order valence-corrected chi connectivity index (χ1v) is 7.66. The summed E-state index contributed by atoms with van der Waals surface area (Å²) >= 11 is 0. The zero-order chi connectivity index (χ0) is 14.8. The van der Waals surface area contributed by atoms with Crippen LogP contribution in [0.25, 0.3) is 0 Å². The van der Waals surface area contributed by atoms with E-state index in [1.165, 1.54) is 25.3 Å². The van der Waals surface area contributed by atoms with Crippen LogP contribution < -0.4 is 4.74 Å². The normalized spacial score (nSPS) is 11.9. The van der Waals surface area contributed by atoms with Crippen LogP contribution in [0.4, 0.5) is 0 Å². The Bertz CT molecular complexity index is 423. The van der Waals surface area contributed by atoms with Crippen LogP contribution in [0.5, 0.6) is 5.75 Å². The zero-order valence-corrected chi connectivity index (χ0v) is 12.7. The number of hydrogen-bond acceptors (Lipinski definition) is 2. The number of para-hydroxylation sites is 1. The molecule has 0 aliphatic rings. The Labute approximate surface area is 122 Å². The van der Waals surface area contributed by atoms with Crippen molar-refractivity contribution in [1.29, 1.82) is 0 Å². The van der Waals surface area contributed by atoms with Gasteiger partial charge in [-0.15, -0.1) is 0 Å². The van der Waals surface area contributed by atoms with Crippen LogP contribution in [0.3, 0.4) is 0 Å². The summed E-state index contributed by atoms with van der Waals surface area (Å²) in [5, 5.41) is 0. The quantitative estimate of drug-likeness (QED) is 0.266. The molecule has 20 heavy (non-hydrogen) atoms. The van der Waals surface area contributed by atoms with Gasteiger partial charge in [0.2, 0.25) is 0 Å². The molecule has 110 valence electrons. The topological polar surface area (TPSA) is 26.3 Å². The summed E-state index contributed by atoms with van der Waals surface area (Å²) in [6.07, 6.45) is 8.35. The fourth-order valence-corrected chi connectivity index (χ4v) is 2.51. The van der Waals surface area contributed by atoms with E-state index in [1.54, 1.807) is 0 Å². The second-order valence-electron chi connectivity index (χ2n) is 5.14. The molecule has 1 rings (SSSR count). The highest BCUT2D eigenvalue weighted by atomic mass is 16.5. The molecule has 0 spiro atoms. The molecule has 0 aromatic heterocycles. The lowest BCUT2D eigenvalue weighted by Crippen LogP contribution is -2.08. The van der Waals surface area contributed by atoms with Crippen molar-refractivity contribution in [2.45, 2.75) is 58.3 Å². The average Bonchev–Trinajstić information content (AvgIpc) is 2.47. The molecule has 1 aromatic rings. The molecule has 0 radical (unpaired) electrons. The molecule has 0 saturated carbocycles. The SMILES string of the molecule is C=CC(=O)Oc1ccccc1C(CCC)CCCCC. The van der Waals surface area contributed by atoms with E-state index in [0.717, 1.165) is 24.8 Å². The lowest BCUT2D eigenvalue weighted by molar-refractivity contribution is -0.129. The molecule has 0 amide bonds. The minimum Gasteiger partial charge on any atom is -0.423 e. The van der Waals surface area contributed by atoms with E-state index in [4.69, 9.17) is 4.74 Å². The molecule has 1 atom stereocenters. The average molecular weight is 274 g/mol. The van der Waals surface area contributed by atoms with Gasteiger partial charge in [0.25, 0.3) is 0 Å². The molecule has 0 aliphatic heterocycles. The van der Waals surface area contributed by atoms with Crippen molar-refractivity contribution in [2.24, 2.45) is 0 Å². The van der Waals surface area contributed by atoms with Gasteiger partial charge in [0, 0.05) is 6.08 Å². The number of esters is 1. The lowest BCUT2D eigenvalue weighted by Gasteiger charge is -2.19. The molecule has 0 N–H and O–H groups in total. The van der Waals surface area contributed by atoms with Crippen LogP contribution in [0, 0.1) is 0 Å². The first-order chi connectivity index (χ1) is 9.72. The van der Waals surface area contributed by atoms with Crippen LogP contribution in [0.15, 0.2) is 36.9 Å². The van der Waals surface area contributed by atoms with Crippen molar-refractivity contribution >= 4 is 5.97 Å². The van der Waals surface area contributed by atoms with E-state index in [1.807, 2.05) is 18.2 Å². The first-order valence-electron chi connectivity index (χ1n) is 7.66. The summed E-state index contributed by atoms with van der Waals surface area (Å²) < 4.78 is 5.37. The molecule has 2 nitrogen and oxygen atoms in total. The Morgan fingerprint density at radius 2 is 1.95 bits per heavy atom. The molecule has 0 heterocycles. The number of carbonyl (C=O) groups is 1. The van der Waals surface area contributed by atoms with Crippen LogP contribution >= 0.6 is 0 Å². The van der Waals surface area contributed by atoms with Gasteiger partial charge in [-0.2, -0.15) is 0 Å². The molecular formula is C18H26O2. The minimum absolute atomic E-state index is 0.388. The van der Waals surface area contributed by atoms with Crippen molar-refractivity contribution in [3.63, 3.8) is 0 Å². The predicted octanol–water partition coefficient (Wildman–Crippen LogP) is 5.24. The lowest BCUT2D eigenvalue weighted by atomic mass is 9.89. The molecule has 0 bridgehead atoms. The van der Waals surface area contributed by atoms with Crippen molar-refractivity contribution in [1.82, 2.24) is 0 Å². The summed E-state index contributed by atoms with van der Waals surface area (Å²) in [6.45, 7) is 7.87. The van der Waals surface area contributed by atoms with Crippen molar-refractivity contribution in [3.8, 4) is 5.75 Å². The number of hydrogen-bond donors (Lipinski definition) is 0. The van der Waals surface area contributed by atoms with Gasteiger partial charge in [-0.3, -0.25) is 0 Å². The Morgan fingerprint density at radius 3 is 2.60 bits per heavy atom. The Balaban J connectivity index is 2.87. The van der Waals surface area contributed by atoms with E-state index >= 15 is 0 Å². The molecule has 2 heteroatoms. The second kappa shape index (κ2) is 9.35. The highest BCUT2D eigenvalue weighted by Gasteiger charge is 2.16. The van der Waals surface area contributed by atoms with Gasteiger partial charge >= 0.3 is 5.97 Å². The van der Waals surface area contributed by atoms with Gasteiger partial charge in [-0.05, 0) is 30.4 Å². The van der Waals surface area contributed by atoms with Gasteiger partial charge in [-0.1, -0.05) is 64.3 Å². The van der Waals surface area contributed by atoms with E-state index in [0.29, 0.717) is 11.7 Å². The smallest absolute Gasteiger partial charge is 0.335 e. The molecular weight excluding hydrogens is 248 g/mol. The van der Waals surface area contributed by atoms with Gasteiger partial charge < -0.3 is 4.74 Å². The van der Waals surface area contributed by atoms with Crippen LogP contribution in [-0.4, -0.2) is 5.97 Å². The van der Waals surface area contributed by atoms with Crippen molar-refractivity contribution in [3.05, 3.63) is 42.5 Å². The second-order valence-corrected chi connectivity index (χ2v) is 5.14. The van der Waals surface area contributed by atoms with E-state index in [9.17, 15) is 4.79 Å². The van der Waals surface area contributed by atoms with Crippen molar-refractivity contribution < 1.29 is 9.53 Å². The molecule has 1 unspecified atom stereocenters. The van der Waals surface area contributed by atoms with Gasteiger partial charge in [0.05, 0.1) is 0 Å². The van der Waals surface area contributed by atoms with Gasteiger partial charge in [0.15, 0.2) is 0 Å². The maximum atomic E-state index is 11.4. The highest BCUT2D eigenvalue weighted by Crippen LogP contribution is 2.33. The number of ether oxygens (including phenoxy) is 1. The molecule has 0 aliphatic carbocycles. The summed E-state index contributed by atoms with van der Waals surface area (Å²) in [7, 11) is 0. The van der Waals surface area contributed by atoms with E-state index < -0.39 is 0 Å². The Morgan fingerprint density at radius 1 is 1.20 bits per heavy atom. The summed E-state index contributed by atoms with van der Waals surface area (Å²) in [6, 6.07) is 7.88. The summed E-state index contributed by atoms with van der Waals surface area (Å²) in [5.74, 6) is 0.772. The number of rotatable bonds is 9. The number of unbranched alkanes of at least 4 members (excludes halogenated alkanes) is 2. The molecule has 0 fully saturated rings. The fourth-order valence-electron chi connectivity index (χ4n) is 2.51. The maximum absolute atomic E-state index is 11.4. The van der Waals surface area contributed by atoms with Crippen LogP contribution in [-0.2, 0) is 4.79 Å². The predicted molar refractivity (Wildman–Crippen MR) is 84.1 cm³/mol. The third kappa shape index (κ3) is 5.20. The monoisotopic (exact) mass is 274 g/mol. The van der Waals surface area contributed by atoms with E-state index in [-0.39, 0.29) is 5.97 Å². The third-order valence-electron chi connectivity index (χ3n) is 3.53. The molecule has 1 aromatic carbocycles. The van der Waals surface area contributed by atoms with E-state index in [2.05, 4.69) is 26.5 Å². The Kier molecular flexibility index (Phi) is 7.71. The fraction of sp³-hybridized carbons (Fsp3) is 0.500. The molecule has 0 saturated heterocycles. The maximum Gasteiger partial charge on any atom is 0.335 e. The third-order valence-corrected chi connectivity index (χ3v) is 3.53. The number of benzene rings is 1. The highest BCUT2D eigenvalue weighted by molar-refractivity contribution is 5.83. The zero-order valence-electron chi connectivity index (χ0n) is 12.7. The minimum atomic E-state index is -0.388. The standard InChI is InChI=1S/C18H26O2/c1-4-7-8-12-15(11-5-2)16-13-9-10-14-17(16)20-18(19)6-3/h6,9-10,13-15H,3-5,7-8,11-12H2,1-2H3. The summed E-state index contributed by atoms with van der Waals surface area (Å²) in [5.41, 5.74) is 1.15. The number of carbonyl (C=O) groups excluding carboxylic acids is 1. The van der Waals surface area contributed by atoms with Gasteiger partial charge in [-0.25, -0.2) is 4.79 Å². The van der Waals surface area contributed by atoms with Gasteiger partial charge in [0.1, 0.15) is 5.75 Å². The Hall–Kier alpha value is -1.57. The largest absolute Gasteiger partial charge is 0.423 e.